The third kappa shape index (κ3) is 5.53. The number of ether oxygens (including phenoxy) is 1. The molecular formula is C19H23N3O4S. The molecule has 1 fully saturated rings. The second-order valence-electron chi connectivity index (χ2n) is 6.40. The van der Waals surface area contributed by atoms with E-state index in [-0.39, 0.29) is 10.8 Å². The van der Waals surface area contributed by atoms with Crippen LogP contribution in [0.2, 0.25) is 0 Å². The van der Waals surface area contributed by atoms with Gasteiger partial charge in [-0.25, -0.2) is 8.42 Å². The average Bonchev–Trinajstić information content (AvgIpc) is 2.64. The molecule has 2 aromatic carbocycles. The number of morpholine rings is 1. The predicted octanol–water partition coefficient (Wildman–Crippen LogP) is 2.28. The zero-order valence-electron chi connectivity index (χ0n) is 15.1. The first kappa shape index (κ1) is 19.3. The van der Waals surface area contributed by atoms with Crippen LogP contribution in [0.25, 0.3) is 0 Å². The van der Waals surface area contributed by atoms with Crippen molar-refractivity contribution in [3.05, 3.63) is 54.1 Å². The van der Waals surface area contributed by atoms with E-state index in [0.717, 1.165) is 38.4 Å². The second kappa shape index (κ2) is 8.51. The number of amides is 1. The summed E-state index contributed by atoms with van der Waals surface area (Å²) in [6, 6.07) is 13.4. The fourth-order valence-electron chi connectivity index (χ4n) is 2.83. The van der Waals surface area contributed by atoms with Gasteiger partial charge in [-0.2, -0.15) is 0 Å². The molecule has 0 aromatic heterocycles. The lowest BCUT2D eigenvalue weighted by Crippen LogP contribution is -2.35. The fraction of sp³-hybridized carbons (Fsp3) is 0.316. The van der Waals surface area contributed by atoms with Gasteiger partial charge in [-0.3, -0.25) is 14.4 Å². The Labute approximate surface area is 159 Å². The van der Waals surface area contributed by atoms with Crippen LogP contribution in [-0.2, 0) is 26.1 Å². The van der Waals surface area contributed by atoms with Crippen molar-refractivity contribution in [1.29, 1.82) is 0 Å². The first-order valence-electron chi connectivity index (χ1n) is 8.72. The minimum absolute atomic E-state index is 0.133. The summed E-state index contributed by atoms with van der Waals surface area (Å²) in [7, 11) is -3.69. The normalized spacial score (nSPS) is 15.3. The highest BCUT2D eigenvalue weighted by molar-refractivity contribution is 7.92. The van der Waals surface area contributed by atoms with Gasteiger partial charge in [0.25, 0.3) is 10.0 Å². The maximum absolute atomic E-state index is 12.5. The molecule has 3 rings (SSSR count). The van der Waals surface area contributed by atoms with Gasteiger partial charge in [-0.1, -0.05) is 12.1 Å². The van der Waals surface area contributed by atoms with Gasteiger partial charge in [-0.05, 0) is 42.0 Å². The van der Waals surface area contributed by atoms with E-state index in [1.54, 1.807) is 24.3 Å². The van der Waals surface area contributed by atoms with E-state index in [0.29, 0.717) is 11.4 Å². The number of benzene rings is 2. The zero-order valence-corrected chi connectivity index (χ0v) is 16.0. The van der Waals surface area contributed by atoms with Crippen LogP contribution in [0, 0.1) is 0 Å². The van der Waals surface area contributed by atoms with Crippen molar-refractivity contribution in [3.8, 4) is 0 Å². The molecular weight excluding hydrogens is 366 g/mol. The average molecular weight is 389 g/mol. The highest BCUT2D eigenvalue weighted by Gasteiger charge is 2.15. The molecule has 27 heavy (non-hydrogen) atoms. The van der Waals surface area contributed by atoms with Gasteiger partial charge in [0.05, 0.1) is 18.1 Å². The van der Waals surface area contributed by atoms with Gasteiger partial charge in [-0.15, -0.1) is 0 Å². The summed E-state index contributed by atoms with van der Waals surface area (Å²) in [6.07, 6.45) is 0. The van der Waals surface area contributed by atoms with E-state index in [1.807, 2.05) is 12.1 Å². The summed E-state index contributed by atoms with van der Waals surface area (Å²) in [5, 5.41) is 2.61. The van der Waals surface area contributed by atoms with Crippen molar-refractivity contribution in [2.75, 3.05) is 36.3 Å². The van der Waals surface area contributed by atoms with E-state index < -0.39 is 10.0 Å². The summed E-state index contributed by atoms with van der Waals surface area (Å²) >= 11 is 0. The van der Waals surface area contributed by atoms with Crippen molar-refractivity contribution in [2.24, 2.45) is 0 Å². The van der Waals surface area contributed by atoms with E-state index in [1.165, 1.54) is 19.1 Å². The van der Waals surface area contributed by atoms with Crippen LogP contribution in [0.15, 0.2) is 53.4 Å². The smallest absolute Gasteiger partial charge is 0.261 e. The largest absolute Gasteiger partial charge is 0.379 e. The van der Waals surface area contributed by atoms with Gasteiger partial charge < -0.3 is 10.1 Å². The lowest BCUT2D eigenvalue weighted by atomic mass is 10.2. The number of hydrogen-bond acceptors (Lipinski definition) is 5. The molecule has 2 N–H and O–H groups in total. The minimum Gasteiger partial charge on any atom is -0.379 e. The summed E-state index contributed by atoms with van der Waals surface area (Å²) in [6.45, 7) is 5.53. The molecule has 144 valence electrons. The molecule has 8 heteroatoms. The van der Waals surface area contributed by atoms with Gasteiger partial charge in [0.2, 0.25) is 5.91 Å². The maximum atomic E-state index is 12.5. The lowest BCUT2D eigenvalue weighted by molar-refractivity contribution is -0.114. The Bertz CT molecular complexity index is 874. The van der Waals surface area contributed by atoms with Crippen LogP contribution in [-0.4, -0.2) is 45.5 Å². The number of anilines is 2. The number of sulfonamides is 1. The Hall–Kier alpha value is -2.42. The molecule has 1 heterocycles. The van der Waals surface area contributed by atoms with Crippen molar-refractivity contribution in [1.82, 2.24) is 4.90 Å². The molecule has 1 aliphatic rings. The highest BCUT2D eigenvalue weighted by atomic mass is 32.2. The molecule has 1 saturated heterocycles. The Balaban J connectivity index is 1.63. The monoisotopic (exact) mass is 389 g/mol. The Morgan fingerprint density at radius 2 is 1.59 bits per heavy atom. The van der Waals surface area contributed by atoms with E-state index in [4.69, 9.17) is 4.74 Å². The summed E-state index contributed by atoms with van der Waals surface area (Å²) in [5.74, 6) is -0.207. The molecule has 0 radical (unpaired) electrons. The van der Waals surface area contributed by atoms with Crippen LogP contribution in [0.1, 0.15) is 12.5 Å². The van der Waals surface area contributed by atoms with Gasteiger partial charge in [0, 0.05) is 37.9 Å². The summed E-state index contributed by atoms with van der Waals surface area (Å²) in [4.78, 5) is 13.5. The molecule has 0 saturated carbocycles. The van der Waals surface area contributed by atoms with E-state index >= 15 is 0 Å². The molecule has 0 aliphatic carbocycles. The van der Waals surface area contributed by atoms with Crippen molar-refractivity contribution in [2.45, 2.75) is 18.4 Å². The first-order chi connectivity index (χ1) is 12.9. The van der Waals surface area contributed by atoms with Crippen LogP contribution < -0.4 is 10.0 Å². The number of nitrogens with one attached hydrogen (secondary N) is 2. The number of carbonyl (C=O) groups is 1. The zero-order chi connectivity index (χ0) is 19.3. The number of carbonyl (C=O) groups excluding carboxylic acids is 1. The first-order valence-corrected chi connectivity index (χ1v) is 10.2. The standard InChI is InChI=1S/C19H23N3O4S/c1-15(23)20-17-6-8-19(9-7-17)27(24,25)21-18-4-2-16(3-5-18)14-22-10-12-26-13-11-22/h2-9,21H,10-14H2,1H3,(H,20,23). The predicted molar refractivity (Wildman–Crippen MR) is 104 cm³/mol. The molecule has 1 amide bonds. The Morgan fingerprint density at radius 3 is 2.19 bits per heavy atom. The van der Waals surface area contributed by atoms with Crippen molar-refractivity contribution < 1.29 is 17.9 Å². The van der Waals surface area contributed by atoms with Crippen LogP contribution >= 0.6 is 0 Å². The summed E-state index contributed by atoms with van der Waals surface area (Å²) in [5.41, 5.74) is 2.18. The lowest BCUT2D eigenvalue weighted by Gasteiger charge is -2.26. The van der Waals surface area contributed by atoms with Gasteiger partial charge in [0.15, 0.2) is 0 Å². The molecule has 1 aliphatic heterocycles. The quantitative estimate of drug-likeness (QED) is 0.791. The molecule has 0 spiro atoms. The SMILES string of the molecule is CC(=O)Nc1ccc(S(=O)(=O)Nc2ccc(CN3CCOCC3)cc2)cc1. The van der Waals surface area contributed by atoms with E-state index in [9.17, 15) is 13.2 Å². The van der Waals surface area contributed by atoms with Gasteiger partial charge in [0.1, 0.15) is 0 Å². The molecule has 2 aromatic rings. The molecule has 0 atom stereocenters. The maximum Gasteiger partial charge on any atom is 0.261 e. The number of hydrogen-bond donors (Lipinski definition) is 2. The van der Waals surface area contributed by atoms with Crippen molar-refractivity contribution >= 4 is 27.3 Å². The molecule has 0 unspecified atom stereocenters. The Kier molecular flexibility index (Phi) is 6.10. The Morgan fingerprint density at radius 1 is 1.00 bits per heavy atom. The fourth-order valence-corrected chi connectivity index (χ4v) is 3.89. The third-order valence-electron chi connectivity index (χ3n) is 4.20. The molecule has 7 nitrogen and oxygen atoms in total. The molecule has 0 bridgehead atoms. The van der Waals surface area contributed by atoms with Crippen LogP contribution in [0.3, 0.4) is 0 Å². The third-order valence-corrected chi connectivity index (χ3v) is 5.60. The van der Waals surface area contributed by atoms with Crippen LogP contribution in [0.5, 0.6) is 0 Å². The highest BCUT2D eigenvalue weighted by Crippen LogP contribution is 2.19. The number of nitrogens with zero attached hydrogens (tertiary/aromatic N) is 1. The second-order valence-corrected chi connectivity index (χ2v) is 8.08. The van der Waals surface area contributed by atoms with E-state index in [2.05, 4.69) is 14.9 Å². The summed E-state index contributed by atoms with van der Waals surface area (Å²) < 4.78 is 33.0. The van der Waals surface area contributed by atoms with Crippen LogP contribution in [0.4, 0.5) is 11.4 Å². The number of rotatable bonds is 6. The van der Waals surface area contributed by atoms with Gasteiger partial charge >= 0.3 is 0 Å². The van der Waals surface area contributed by atoms with Crippen molar-refractivity contribution in [3.63, 3.8) is 0 Å². The topological polar surface area (TPSA) is 87.7 Å². The minimum atomic E-state index is -3.69.